The molecule has 0 radical (unpaired) electrons. The summed E-state index contributed by atoms with van der Waals surface area (Å²) in [5, 5.41) is -3.70. The number of alkyl halides is 5. The van der Waals surface area contributed by atoms with Crippen LogP contribution in [-0.2, 0) is 4.74 Å². The quantitative estimate of drug-likeness (QED) is 0.440. The second kappa shape index (κ2) is 1.58. The zero-order valence-electron chi connectivity index (χ0n) is 4.80. The molecule has 0 aliphatic heterocycles. The predicted molar refractivity (Wildman–Crippen MR) is 25.5 cm³/mol. The first-order valence-electron chi connectivity index (χ1n) is 2.31. The van der Waals surface area contributed by atoms with Gasteiger partial charge in [-0.1, -0.05) is 11.6 Å². The van der Waals surface area contributed by atoms with E-state index < -0.39 is 16.9 Å². The van der Waals surface area contributed by atoms with Crippen molar-refractivity contribution in [2.24, 2.45) is 0 Å². The molecule has 0 aromatic rings. The van der Waals surface area contributed by atoms with Crippen LogP contribution in [0.2, 0.25) is 0 Å². The van der Waals surface area contributed by atoms with Gasteiger partial charge in [0.1, 0.15) is 0 Å². The van der Waals surface area contributed by atoms with Crippen LogP contribution in [0, 0.1) is 0 Å². The Bertz CT molecular complexity index is 155. The van der Waals surface area contributed by atoms with E-state index in [9.17, 15) is 17.6 Å². The van der Waals surface area contributed by atoms with Crippen molar-refractivity contribution in [2.75, 3.05) is 7.11 Å². The van der Waals surface area contributed by atoms with E-state index in [1.54, 1.807) is 0 Å². The van der Waals surface area contributed by atoms with Gasteiger partial charge in [-0.3, -0.25) is 0 Å². The summed E-state index contributed by atoms with van der Waals surface area (Å²) >= 11 is 4.42. The fourth-order valence-electron chi connectivity index (χ4n) is 0.620. The molecule has 60 valence electrons. The third kappa shape index (κ3) is 0.495. The minimum absolute atomic E-state index is 0.623. The van der Waals surface area contributed by atoms with E-state index in [1.165, 1.54) is 0 Å². The molecular formula is C4H3ClF4O. The standard InChI is InChI=1S/C4H3ClF4O/c1-10-4(9)2(5,6)3(4,7)8/h1H3. The predicted octanol–water partition coefficient (Wildman–Crippen LogP) is 1.85. The molecule has 1 rings (SSSR count). The van der Waals surface area contributed by atoms with Gasteiger partial charge in [0, 0.05) is 7.11 Å². The molecule has 10 heavy (non-hydrogen) atoms. The molecule has 0 amide bonds. The molecular weight excluding hydrogens is 175 g/mol. The van der Waals surface area contributed by atoms with E-state index >= 15 is 0 Å². The van der Waals surface area contributed by atoms with Crippen molar-refractivity contribution in [3.05, 3.63) is 0 Å². The van der Waals surface area contributed by atoms with Crippen LogP contribution < -0.4 is 0 Å². The minimum atomic E-state index is -4.24. The van der Waals surface area contributed by atoms with Gasteiger partial charge in [0.2, 0.25) is 0 Å². The molecule has 6 heteroatoms. The van der Waals surface area contributed by atoms with Crippen LogP contribution in [0.5, 0.6) is 0 Å². The van der Waals surface area contributed by atoms with E-state index in [0.717, 1.165) is 0 Å². The number of ether oxygens (including phenoxy) is 1. The van der Waals surface area contributed by atoms with E-state index in [0.29, 0.717) is 7.11 Å². The van der Waals surface area contributed by atoms with Crippen LogP contribution in [-0.4, -0.2) is 24.0 Å². The molecule has 0 aromatic heterocycles. The van der Waals surface area contributed by atoms with Crippen LogP contribution in [0.1, 0.15) is 0 Å². The molecule has 1 aliphatic carbocycles. The van der Waals surface area contributed by atoms with Crippen molar-refractivity contribution in [1.29, 1.82) is 0 Å². The Balaban J connectivity index is 2.90. The molecule has 0 heterocycles. The van der Waals surface area contributed by atoms with Gasteiger partial charge < -0.3 is 4.74 Å². The molecule has 0 N–H and O–H groups in total. The maximum absolute atomic E-state index is 12.3. The van der Waals surface area contributed by atoms with Gasteiger partial charge in [-0.25, -0.2) is 4.39 Å². The molecule has 0 spiro atoms. The zero-order valence-corrected chi connectivity index (χ0v) is 5.55. The van der Waals surface area contributed by atoms with Crippen LogP contribution >= 0.6 is 11.6 Å². The maximum Gasteiger partial charge on any atom is 0.363 e. The Labute approximate surface area is 58.9 Å². The largest absolute Gasteiger partial charge is 0.363 e. The van der Waals surface area contributed by atoms with E-state index in [-0.39, 0.29) is 0 Å². The van der Waals surface area contributed by atoms with Gasteiger partial charge in [-0.05, 0) is 0 Å². The summed E-state index contributed by atoms with van der Waals surface area (Å²) in [6.07, 6.45) is 0. The van der Waals surface area contributed by atoms with Crippen molar-refractivity contribution in [1.82, 2.24) is 0 Å². The SMILES string of the molecule is COC1(F)C(F)(F)C1(F)Cl. The number of hydrogen-bond donors (Lipinski definition) is 0. The lowest BCUT2D eigenvalue weighted by atomic mass is 10.7. The molecule has 2 unspecified atom stereocenters. The van der Waals surface area contributed by atoms with Crippen LogP contribution in [0.25, 0.3) is 0 Å². The van der Waals surface area contributed by atoms with Crippen molar-refractivity contribution in [2.45, 2.75) is 16.9 Å². The minimum Gasteiger partial charge on any atom is -0.341 e. The summed E-state index contributed by atoms with van der Waals surface area (Å²) in [6, 6.07) is 0. The molecule has 1 fully saturated rings. The highest BCUT2D eigenvalue weighted by Gasteiger charge is 2.98. The second-order valence-corrected chi connectivity index (χ2v) is 2.47. The number of hydrogen-bond acceptors (Lipinski definition) is 1. The summed E-state index contributed by atoms with van der Waals surface area (Å²) in [5.74, 6) is -7.89. The van der Waals surface area contributed by atoms with Gasteiger partial charge in [-0.2, -0.15) is 13.2 Å². The van der Waals surface area contributed by atoms with E-state index in [1.807, 2.05) is 0 Å². The molecule has 0 bridgehead atoms. The number of rotatable bonds is 1. The van der Waals surface area contributed by atoms with Crippen molar-refractivity contribution in [3.63, 3.8) is 0 Å². The van der Waals surface area contributed by atoms with Crippen LogP contribution in [0.3, 0.4) is 0 Å². The van der Waals surface area contributed by atoms with Gasteiger partial charge in [0.05, 0.1) is 0 Å². The Morgan fingerprint density at radius 2 is 1.50 bits per heavy atom. The van der Waals surface area contributed by atoms with Gasteiger partial charge in [0.15, 0.2) is 0 Å². The first kappa shape index (κ1) is 8.07. The van der Waals surface area contributed by atoms with Crippen LogP contribution in [0.15, 0.2) is 0 Å². The monoisotopic (exact) mass is 178 g/mol. The lowest BCUT2D eigenvalue weighted by Crippen LogP contribution is -2.15. The average Bonchev–Trinajstić information content (AvgIpc) is 2.11. The topological polar surface area (TPSA) is 9.23 Å². The molecule has 2 atom stereocenters. The summed E-state index contributed by atoms with van der Waals surface area (Å²) < 4.78 is 51.9. The van der Waals surface area contributed by atoms with Gasteiger partial charge >= 0.3 is 16.9 Å². The summed E-state index contributed by atoms with van der Waals surface area (Å²) in [7, 11) is 0.623. The van der Waals surface area contributed by atoms with Crippen molar-refractivity contribution >= 4 is 11.6 Å². The zero-order chi connectivity index (χ0) is 8.21. The highest BCUT2D eigenvalue weighted by Crippen LogP contribution is 2.69. The normalized spacial score (nSPS) is 51.0. The number of methoxy groups -OCH3 is 1. The highest BCUT2D eigenvalue weighted by molar-refractivity contribution is 6.27. The third-order valence-electron chi connectivity index (χ3n) is 1.42. The van der Waals surface area contributed by atoms with Crippen LogP contribution in [0.4, 0.5) is 17.6 Å². The second-order valence-electron chi connectivity index (χ2n) is 1.95. The van der Waals surface area contributed by atoms with Gasteiger partial charge in [0.25, 0.3) is 0 Å². The smallest absolute Gasteiger partial charge is 0.341 e. The fourth-order valence-corrected chi connectivity index (χ4v) is 0.890. The molecule has 1 aliphatic rings. The third-order valence-corrected chi connectivity index (χ3v) is 1.90. The van der Waals surface area contributed by atoms with Crippen molar-refractivity contribution < 1.29 is 22.3 Å². The van der Waals surface area contributed by atoms with Gasteiger partial charge in [-0.15, -0.1) is 0 Å². The highest BCUT2D eigenvalue weighted by atomic mass is 35.5. The van der Waals surface area contributed by atoms with E-state index in [4.69, 9.17) is 0 Å². The first-order valence-corrected chi connectivity index (χ1v) is 2.69. The lowest BCUT2D eigenvalue weighted by Gasteiger charge is -1.99. The first-order chi connectivity index (χ1) is 4.31. The average molecular weight is 179 g/mol. The van der Waals surface area contributed by atoms with E-state index in [2.05, 4.69) is 16.3 Å². The Morgan fingerprint density at radius 3 is 1.50 bits per heavy atom. The molecule has 1 nitrogen and oxygen atoms in total. The summed E-state index contributed by atoms with van der Waals surface area (Å²) in [4.78, 5) is 0. The molecule has 0 aromatic carbocycles. The Hall–Kier alpha value is -0.0300. The fraction of sp³-hybridized carbons (Fsp3) is 1.00. The Kier molecular flexibility index (Phi) is 1.28. The summed E-state index contributed by atoms with van der Waals surface area (Å²) in [5.41, 5.74) is 0. The summed E-state index contributed by atoms with van der Waals surface area (Å²) in [6.45, 7) is 0. The molecule has 0 saturated heterocycles. The Morgan fingerprint density at radius 1 is 1.20 bits per heavy atom. The van der Waals surface area contributed by atoms with Crippen molar-refractivity contribution in [3.8, 4) is 0 Å². The lowest BCUT2D eigenvalue weighted by molar-refractivity contribution is -0.115. The number of halogens is 5. The molecule has 1 saturated carbocycles. The maximum atomic E-state index is 12.3.